The molecule has 0 unspecified atom stereocenters. The normalized spacial score (nSPS) is 26.5. The fraction of sp³-hybridized carbons (Fsp3) is 0.632. The van der Waals surface area contributed by atoms with Gasteiger partial charge in [-0.15, -0.1) is 0 Å². The molecule has 1 aromatic heterocycles. The molecule has 6 nitrogen and oxygen atoms in total. The van der Waals surface area contributed by atoms with Gasteiger partial charge in [0.1, 0.15) is 6.04 Å². The molecule has 2 aliphatic heterocycles. The Kier molecular flexibility index (Phi) is 5.08. The van der Waals surface area contributed by atoms with Gasteiger partial charge in [0.15, 0.2) is 0 Å². The van der Waals surface area contributed by atoms with Crippen LogP contribution in [0.25, 0.3) is 0 Å². The second-order valence-corrected chi connectivity index (χ2v) is 7.84. The van der Waals surface area contributed by atoms with Crippen LogP contribution in [0.4, 0.5) is 0 Å². The molecule has 3 atom stereocenters. The number of piperazine rings is 1. The molecule has 3 heterocycles. The maximum atomic E-state index is 13.2. The van der Waals surface area contributed by atoms with Crippen LogP contribution in [0.15, 0.2) is 24.5 Å². The van der Waals surface area contributed by atoms with Crippen LogP contribution in [-0.2, 0) is 4.79 Å². The molecule has 2 fully saturated rings. The minimum atomic E-state index is -0.363. The highest BCUT2D eigenvalue weighted by atomic mass is 16.2. The van der Waals surface area contributed by atoms with E-state index in [-0.39, 0.29) is 23.9 Å². The smallest absolute Gasteiger partial charge is 0.254 e. The molecule has 2 saturated heterocycles. The highest BCUT2D eigenvalue weighted by Crippen LogP contribution is 2.31. The van der Waals surface area contributed by atoms with Gasteiger partial charge in [-0.05, 0) is 45.0 Å². The SMILES string of the molecule is CC(C)C[C@H]1C(=O)N2C[C@@H](N(C)C)C[C@H]2CN1C(=O)c1ccncc1. The number of carbonyl (C=O) groups is 2. The van der Waals surface area contributed by atoms with Gasteiger partial charge in [0.2, 0.25) is 5.91 Å². The van der Waals surface area contributed by atoms with Crippen molar-refractivity contribution in [2.24, 2.45) is 5.92 Å². The van der Waals surface area contributed by atoms with E-state index in [4.69, 9.17) is 0 Å². The van der Waals surface area contributed by atoms with Gasteiger partial charge < -0.3 is 14.7 Å². The number of nitrogens with zero attached hydrogens (tertiary/aromatic N) is 4. The van der Waals surface area contributed by atoms with Crippen molar-refractivity contribution in [2.45, 2.75) is 44.8 Å². The summed E-state index contributed by atoms with van der Waals surface area (Å²) in [6, 6.07) is 3.57. The standard InChI is InChI=1S/C19H28N4O2/c1-13(2)9-17-19(25)22-11-15(21(3)4)10-16(22)12-23(17)18(24)14-5-7-20-8-6-14/h5-8,13,15-17H,9-12H2,1-4H3/t15-,16-,17-/m0/s1. The molecule has 2 aliphatic rings. The third-order valence-corrected chi connectivity index (χ3v) is 5.36. The van der Waals surface area contributed by atoms with Gasteiger partial charge in [0, 0.05) is 37.1 Å². The Morgan fingerprint density at radius 2 is 1.96 bits per heavy atom. The van der Waals surface area contributed by atoms with Crippen molar-refractivity contribution in [1.82, 2.24) is 19.7 Å². The number of likely N-dealkylation sites (N-methyl/N-ethyl adjacent to an activating group) is 1. The van der Waals surface area contributed by atoms with Crippen molar-refractivity contribution in [3.63, 3.8) is 0 Å². The molecule has 1 aromatic rings. The molecule has 2 amide bonds. The molecular formula is C19H28N4O2. The van der Waals surface area contributed by atoms with Crippen LogP contribution in [0, 0.1) is 5.92 Å². The lowest BCUT2D eigenvalue weighted by Gasteiger charge is -2.43. The predicted molar refractivity (Wildman–Crippen MR) is 96.1 cm³/mol. The van der Waals surface area contributed by atoms with E-state index < -0.39 is 0 Å². The largest absolute Gasteiger partial charge is 0.335 e. The monoisotopic (exact) mass is 344 g/mol. The Balaban J connectivity index is 1.87. The number of pyridine rings is 1. The van der Waals surface area contributed by atoms with Crippen molar-refractivity contribution in [1.29, 1.82) is 0 Å². The molecule has 0 saturated carbocycles. The first kappa shape index (κ1) is 17.9. The lowest BCUT2D eigenvalue weighted by molar-refractivity contribution is -0.142. The number of amides is 2. The average molecular weight is 344 g/mol. The lowest BCUT2D eigenvalue weighted by atomic mass is 9.96. The highest BCUT2D eigenvalue weighted by molar-refractivity contribution is 5.98. The minimum absolute atomic E-state index is 0.0608. The number of carbonyl (C=O) groups excluding carboxylic acids is 2. The second-order valence-electron chi connectivity index (χ2n) is 7.84. The maximum absolute atomic E-state index is 13.2. The Hall–Kier alpha value is -1.95. The fourth-order valence-electron chi connectivity index (χ4n) is 3.95. The van der Waals surface area contributed by atoms with Crippen LogP contribution in [-0.4, -0.2) is 76.8 Å². The van der Waals surface area contributed by atoms with Gasteiger partial charge >= 0.3 is 0 Å². The maximum Gasteiger partial charge on any atom is 0.254 e. The summed E-state index contributed by atoms with van der Waals surface area (Å²) in [7, 11) is 4.11. The van der Waals surface area contributed by atoms with Gasteiger partial charge in [-0.25, -0.2) is 0 Å². The lowest BCUT2D eigenvalue weighted by Crippen LogP contribution is -2.61. The Labute approximate surface area is 149 Å². The first-order chi connectivity index (χ1) is 11.9. The number of aromatic nitrogens is 1. The number of hydrogen-bond donors (Lipinski definition) is 0. The van der Waals surface area contributed by atoms with E-state index in [1.807, 2.05) is 4.90 Å². The third kappa shape index (κ3) is 3.54. The molecule has 0 N–H and O–H groups in total. The first-order valence-corrected chi connectivity index (χ1v) is 9.06. The predicted octanol–water partition coefficient (Wildman–Crippen LogP) is 1.48. The van der Waals surface area contributed by atoms with Crippen LogP contribution in [0.1, 0.15) is 37.0 Å². The van der Waals surface area contributed by atoms with Gasteiger partial charge in [0.25, 0.3) is 5.91 Å². The quantitative estimate of drug-likeness (QED) is 0.830. The van der Waals surface area contributed by atoms with E-state index in [2.05, 4.69) is 37.8 Å². The van der Waals surface area contributed by atoms with Gasteiger partial charge in [0.05, 0.1) is 6.04 Å². The number of hydrogen-bond acceptors (Lipinski definition) is 4. The first-order valence-electron chi connectivity index (χ1n) is 9.06. The van der Waals surface area contributed by atoms with Crippen LogP contribution >= 0.6 is 0 Å². The van der Waals surface area contributed by atoms with Crippen LogP contribution in [0.5, 0.6) is 0 Å². The molecule has 0 spiro atoms. The van der Waals surface area contributed by atoms with Gasteiger partial charge in [-0.3, -0.25) is 14.6 Å². The summed E-state index contributed by atoms with van der Waals surface area (Å²) in [5, 5.41) is 0. The van der Waals surface area contributed by atoms with Crippen molar-refractivity contribution in [2.75, 3.05) is 27.2 Å². The van der Waals surface area contributed by atoms with E-state index in [0.29, 0.717) is 30.5 Å². The summed E-state index contributed by atoms with van der Waals surface area (Å²) in [6.07, 6.45) is 4.87. The Bertz CT molecular complexity index is 632. The van der Waals surface area contributed by atoms with E-state index >= 15 is 0 Å². The molecule has 0 aromatic carbocycles. The van der Waals surface area contributed by atoms with Gasteiger partial charge in [-0.1, -0.05) is 13.8 Å². The van der Waals surface area contributed by atoms with E-state index in [1.54, 1.807) is 29.4 Å². The summed E-state index contributed by atoms with van der Waals surface area (Å²) in [4.78, 5) is 36.2. The summed E-state index contributed by atoms with van der Waals surface area (Å²) in [5.41, 5.74) is 0.604. The van der Waals surface area contributed by atoms with Crippen LogP contribution < -0.4 is 0 Å². The summed E-state index contributed by atoms with van der Waals surface area (Å²) in [6.45, 7) is 5.58. The van der Waals surface area contributed by atoms with Crippen molar-refractivity contribution in [3.05, 3.63) is 30.1 Å². The molecule has 0 aliphatic carbocycles. The zero-order chi connectivity index (χ0) is 18.1. The summed E-state index contributed by atoms with van der Waals surface area (Å²) in [5.74, 6) is 0.400. The van der Waals surface area contributed by atoms with Crippen molar-refractivity contribution in [3.8, 4) is 0 Å². The molecule has 0 radical (unpaired) electrons. The van der Waals surface area contributed by atoms with Gasteiger partial charge in [-0.2, -0.15) is 0 Å². The van der Waals surface area contributed by atoms with Crippen LogP contribution in [0.3, 0.4) is 0 Å². The second kappa shape index (κ2) is 7.12. The zero-order valence-electron chi connectivity index (χ0n) is 15.6. The Morgan fingerprint density at radius 1 is 1.28 bits per heavy atom. The van der Waals surface area contributed by atoms with E-state index in [0.717, 1.165) is 13.0 Å². The summed E-state index contributed by atoms with van der Waals surface area (Å²) < 4.78 is 0. The minimum Gasteiger partial charge on any atom is -0.335 e. The summed E-state index contributed by atoms with van der Waals surface area (Å²) >= 11 is 0. The van der Waals surface area contributed by atoms with E-state index in [1.165, 1.54) is 0 Å². The molecule has 136 valence electrons. The molecule has 0 bridgehead atoms. The topological polar surface area (TPSA) is 56.8 Å². The Morgan fingerprint density at radius 3 is 2.56 bits per heavy atom. The zero-order valence-corrected chi connectivity index (χ0v) is 15.6. The molecule has 25 heavy (non-hydrogen) atoms. The molecule has 6 heteroatoms. The van der Waals surface area contributed by atoms with Crippen LogP contribution in [0.2, 0.25) is 0 Å². The van der Waals surface area contributed by atoms with Crippen molar-refractivity contribution < 1.29 is 9.59 Å². The third-order valence-electron chi connectivity index (χ3n) is 5.36. The average Bonchev–Trinajstić information content (AvgIpc) is 3.02. The van der Waals surface area contributed by atoms with E-state index in [9.17, 15) is 9.59 Å². The molecule has 3 rings (SSSR count). The number of fused-ring (bicyclic) bond motifs is 1. The fourth-order valence-corrected chi connectivity index (χ4v) is 3.95. The number of rotatable bonds is 4. The van der Waals surface area contributed by atoms with Crippen molar-refractivity contribution >= 4 is 11.8 Å². The molecular weight excluding hydrogens is 316 g/mol. The highest BCUT2D eigenvalue weighted by Gasteiger charge is 2.47.